The fourth-order valence-corrected chi connectivity index (χ4v) is 4.86. The standard InChI is InChI=1S/C33H31N7O4/c1-43-30-18-24(32-35-28-15-9-8-14-27(28)33(42)40(32)37-25-12-6-3-7-13-25)16-17-29(30)44-22-26-20-39(38-36-26)21-31(41)34-19-23-10-4-2-5-11-23/h2-18,20,32,35,37H,19,21-22H2,1H3,(H,34,41). The lowest BCUT2D eigenvalue weighted by molar-refractivity contribution is -0.122. The van der Waals surface area contributed by atoms with Crippen LogP contribution in [0.1, 0.15) is 33.3 Å². The topological polar surface area (TPSA) is 123 Å². The Kier molecular flexibility index (Phi) is 8.35. The van der Waals surface area contributed by atoms with Crippen LogP contribution in [-0.2, 0) is 24.5 Å². The molecule has 3 N–H and O–H groups in total. The Morgan fingerprint density at radius 1 is 0.932 bits per heavy atom. The molecule has 2 heterocycles. The number of carbonyl (C=O) groups excluding carboxylic acids is 2. The minimum absolute atomic E-state index is 0.0433. The molecule has 4 aromatic carbocycles. The van der Waals surface area contributed by atoms with Gasteiger partial charge in [-0.05, 0) is 42.0 Å². The van der Waals surface area contributed by atoms with E-state index in [4.69, 9.17) is 9.47 Å². The number of hydrogen-bond donors (Lipinski definition) is 3. The Balaban J connectivity index is 1.13. The number of hydrogen-bond acceptors (Lipinski definition) is 8. The summed E-state index contributed by atoms with van der Waals surface area (Å²) in [6.07, 6.45) is 1.14. The maximum absolute atomic E-state index is 13.6. The Morgan fingerprint density at radius 2 is 1.68 bits per heavy atom. The van der Waals surface area contributed by atoms with E-state index in [9.17, 15) is 9.59 Å². The third kappa shape index (κ3) is 6.46. The fourth-order valence-electron chi connectivity index (χ4n) is 4.86. The number of para-hydroxylation sites is 2. The van der Waals surface area contributed by atoms with Gasteiger partial charge in [-0.15, -0.1) is 5.10 Å². The van der Waals surface area contributed by atoms with E-state index in [1.54, 1.807) is 30.4 Å². The van der Waals surface area contributed by atoms with Gasteiger partial charge in [-0.2, -0.15) is 0 Å². The van der Waals surface area contributed by atoms with Crippen LogP contribution in [-0.4, -0.2) is 38.9 Å². The minimum Gasteiger partial charge on any atom is -0.493 e. The van der Waals surface area contributed by atoms with Gasteiger partial charge in [0.25, 0.3) is 5.91 Å². The molecule has 11 heteroatoms. The largest absolute Gasteiger partial charge is 0.493 e. The summed E-state index contributed by atoms with van der Waals surface area (Å²) in [4.78, 5) is 25.9. The van der Waals surface area contributed by atoms with Crippen molar-refractivity contribution in [2.75, 3.05) is 17.9 Å². The molecule has 0 aliphatic carbocycles. The molecule has 1 unspecified atom stereocenters. The summed E-state index contributed by atoms with van der Waals surface area (Å²) in [5, 5.41) is 16.1. The first-order chi connectivity index (χ1) is 21.6. The average Bonchev–Trinajstić information content (AvgIpc) is 3.52. The summed E-state index contributed by atoms with van der Waals surface area (Å²) in [6, 6.07) is 32.1. The van der Waals surface area contributed by atoms with Gasteiger partial charge in [-0.25, -0.2) is 9.69 Å². The number of amides is 2. The normalized spacial score (nSPS) is 13.9. The summed E-state index contributed by atoms with van der Waals surface area (Å²) in [7, 11) is 1.56. The van der Waals surface area contributed by atoms with Gasteiger partial charge in [-0.1, -0.05) is 71.9 Å². The molecular weight excluding hydrogens is 558 g/mol. The van der Waals surface area contributed by atoms with Gasteiger partial charge >= 0.3 is 0 Å². The number of rotatable bonds is 11. The molecule has 0 saturated heterocycles. The molecule has 6 rings (SSSR count). The maximum atomic E-state index is 13.6. The van der Waals surface area contributed by atoms with Crippen LogP contribution in [0.2, 0.25) is 0 Å². The molecule has 1 aliphatic heterocycles. The van der Waals surface area contributed by atoms with Gasteiger partial charge in [0.05, 0.1) is 24.6 Å². The van der Waals surface area contributed by atoms with Gasteiger partial charge < -0.3 is 20.1 Å². The van der Waals surface area contributed by atoms with E-state index in [0.717, 1.165) is 22.5 Å². The van der Waals surface area contributed by atoms with Crippen LogP contribution in [0.3, 0.4) is 0 Å². The molecule has 0 bridgehead atoms. The molecule has 0 spiro atoms. The van der Waals surface area contributed by atoms with E-state index < -0.39 is 6.17 Å². The lowest BCUT2D eigenvalue weighted by Crippen LogP contribution is -2.46. The summed E-state index contributed by atoms with van der Waals surface area (Å²) in [5.41, 5.74) is 7.70. The van der Waals surface area contributed by atoms with Crippen molar-refractivity contribution in [2.24, 2.45) is 0 Å². The lowest BCUT2D eigenvalue weighted by atomic mass is 10.0. The number of benzene rings is 4. The van der Waals surface area contributed by atoms with Gasteiger partial charge in [0.1, 0.15) is 25.0 Å². The first kappa shape index (κ1) is 28.3. The monoisotopic (exact) mass is 589 g/mol. The second-order valence-electron chi connectivity index (χ2n) is 10.1. The van der Waals surface area contributed by atoms with E-state index >= 15 is 0 Å². The van der Waals surface area contributed by atoms with Crippen LogP contribution >= 0.6 is 0 Å². The van der Waals surface area contributed by atoms with Crippen molar-refractivity contribution in [1.82, 2.24) is 25.3 Å². The van der Waals surface area contributed by atoms with Crippen LogP contribution in [0.25, 0.3) is 0 Å². The molecule has 0 saturated carbocycles. The highest BCUT2D eigenvalue weighted by atomic mass is 16.5. The number of methoxy groups -OCH3 is 1. The van der Waals surface area contributed by atoms with Crippen molar-refractivity contribution in [3.63, 3.8) is 0 Å². The van der Waals surface area contributed by atoms with Gasteiger partial charge in [0, 0.05) is 17.8 Å². The third-order valence-corrected chi connectivity index (χ3v) is 7.05. The summed E-state index contributed by atoms with van der Waals surface area (Å²) < 4.78 is 13.2. The number of nitrogens with one attached hydrogen (secondary N) is 3. The maximum Gasteiger partial charge on any atom is 0.276 e. The quantitative estimate of drug-likeness (QED) is 0.201. The van der Waals surface area contributed by atoms with Crippen molar-refractivity contribution < 1.29 is 19.1 Å². The first-order valence-electron chi connectivity index (χ1n) is 14.1. The van der Waals surface area contributed by atoms with Crippen LogP contribution < -0.4 is 25.5 Å². The zero-order valence-corrected chi connectivity index (χ0v) is 24.0. The second kappa shape index (κ2) is 13.0. The van der Waals surface area contributed by atoms with Crippen molar-refractivity contribution in [1.29, 1.82) is 0 Å². The number of hydrazine groups is 1. The van der Waals surface area contributed by atoms with Gasteiger partial charge in [-0.3, -0.25) is 15.0 Å². The zero-order chi connectivity index (χ0) is 30.3. The van der Waals surface area contributed by atoms with E-state index in [2.05, 4.69) is 26.4 Å². The summed E-state index contributed by atoms with van der Waals surface area (Å²) >= 11 is 0. The Morgan fingerprint density at radius 3 is 2.48 bits per heavy atom. The molecule has 44 heavy (non-hydrogen) atoms. The molecule has 11 nitrogen and oxygen atoms in total. The Hall–Kier alpha value is -5.84. The highest BCUT2D eigenvalue weighted by Crippen LogP contribution is 2.37. The molecule has 1 aromatic heterocycles. The third-order valence-electron chi connectivity index (χ3n) is 7.05. The van der Waals surface area contributed by atoms with E-state index in [1.165, 1.54) is 4.68 Å². The number of nitrogens with zero attached hydrogens (tertiary/aromatic N) is 4. The fraction of sp³-hybridized carbons (Fsp3) is 0.152. The molecule has 0 fully saturated rings. The van der Waals surface area contributed by atoms with Gasteiger partial charge in [0.2, 0.25) is 5.91 Å². The number of ether oxygens (including phenoxy) is 2. The number of fused-ring (bicyclic) bond motifs is 1. The molecule has 2 amide bonds. The average molecular weight is 590 g/mol. The smallest absolute Gasteiger partial charge is 0.276 e. The molecule has 1 aliphatic rings. The molecule has 222 valence electrons. The molecular formula is C33H31N7O4. The SMILES string of the molecule is COc1cc(C2Nc3ccccc3C(=O)N2Nc2ccccc2)ccc1OCc1cn(CC(=O)NCc2ccccc2)nn1. The van der Waals surface area contributed by atoms with Crippen molar-refractivity contribution >= 4 is 23.2 Å². The van der Waals surface area contributed by atoms with Gasteiger partial charge in [0.15, 0.2) is 11.5 Å². The Labute approximate surface area is 254 Å². The van der Waals surface area contributed by atoms with E-state index in [-0.39, 0.29) is 25.0 Å². The zero-order valence-electron chi connectivity index (χ0n) is 24.0. The van der Waals surface area contributed by atoms with Crippen molar-refractivity contribution in [3.8, 4) is 11.5 Å². The van der Waals surface area contributed by atoms with Crippen LogP contribution in [0.5, 0.6) is 11.5 Å². The van der Waals surface area contributed by atoms with Crippen molar-refractivity contribution in [2.45, 2.75) is 25.9 Å². The van der Waals surface area contributed by atoms with Crippen LogP contribution in [0.15, 0.2) is 109 Å². The van der Waals surface area contributed by atoms with Crippen LogP contribution in [0.4, 0.5) is 11.4 Å². The molecule has 0 radical (unpaired) electrons. The number of carbonyl (C=O) groups is 2. The molecule has 1 atom stereocenters. The minimum atomic E-state index is -0.534. The van der Waals surface area contributed by atoms with Crippen LogP contribution in [0, 0.1) is 0 Å². The predicted octanol–water partition coefficient (Wildman–Crippen LogP) is 4.78. The first-order valence-corrected chi connectivity index (χ1v) is 14.1. The predicted molar refractivity (Wildman–Crippen MR) is 165 cm³/mol. The number of aromatic nitrogens is 3. The summed E-state index contributed by atoms with van der Waals surface area (Å²) in [5.74, 6) is 0.653. The molecule has 5 aromatic rings. The number of anilines is 2. The van der Waals surface area contributed by atoms with E-state index in [0.29, 0.717) is 29.3 Å². The highest BCUT2D eigenvalue weighted by Gasteiger charge is 2.34. The highest BCUT2D eigenvalue weighted by molar-refractivity contribution is 6.02. The Bertz CT molecular complexity index is 1740. The lowest BCUT2D eigenvalue weighted by Gasteiger charge is -2.38. The summed E-state index contributed by atoms with van der Waals surface area (Å²) in [6.45, 7) is 0.607. The van der Waals surface area contributed by atoms with Crippen molar-refractivity contribution in [3.05, 3.63) is 132 Å². The second-order valence-corrected chi connectivity index (χ2v) is 10.1. The van der Waals surface area contributed by atoms with E-state index in [1.807, 2.05) is 91.0 Å².